The summed E-state index contributed by atoms with van der Waals surface area (Å²) in [5.41, 5.74) is 7.58. The normalized spacial score (nSPS) is 34.2. The molecule has 3 rings (SSSR count). The predicted molar refractivity (Wildman–Crippen MR) is 88.4 cm³/mol. The van der Waals surface area contributed by atoms with E-state index in [0.717, 1.165) is 19.6 Å². The van der Waals surface area contributed by atoms with Gasteiger partial charge in [-0.25, -0.2) is 4.39 Å². The zero-order valence-electron chi connectivity index (χ0n) is 13.7. The standard InChI is InChI=1S/C18H28FN3/c1-3-21-9-8-18(13(2)10-21)22-11-16(17(20)12-22)14-4-6-15(19)7-5-14/h4-7,13,16-18H,3,8-12,20H2,1-2H3/t13-,16+,17+,18+/m1/s1. The molecule has 4 atom stereocenters. The Kier molecular flexibility index (Phi) is 4.81. The quantitative estimate of drug-likeness (QED) is 0.930. The topological polar surface area (TPSA) is 32.5 Å². The van der Waals surface area contributed by atoms with E-state index in [0.29, 0.717) is 17.9 Å². The molecular formula is C18H28FN3. The predicted octanol–water partition coefficient (Wildman–Crippen LogP) is 2.28. The molecule has 3 nitrogen and oxygen atoms in total. The zero-order valence-corrected chi connectivity index (χ0v) is 13.7. The molecule has 0 saturated carbocycles. The summed E-state index contributed by atoms with van der Waals surface area (Å²) in [5.74, 6) is 0.845. The second-order valence-corrected chi connectivity index (χ2v) is 7.00. The van der Waals surface area contributed by atoms with Gasteiger partial charge in [0.1, 0.15) is 5.82 Å². The van der Waals surface area contributed by atoms with Gasteiger partial charge in [0, 0.05) is 37.6 Å². The molecule has 0 bridgehead atoms. The van der Waals surface area contributed by atoms with Crippen LogP contribution in [0.3, 0.4) is 0 Å². The van der Waals surface area contributed by atoms with Crippen LogP contribution in [0, 0.1) is 11.7 Å². The lowest BCUT2D eigenvalue weighted by atomic mass is 9.92. The summed E-state index contributed by atoms with van der Waals surface area (Å²) in [6.45, 7) is 10.1. The highest BCUT2D eigenvalue weighted by Crippen LogP contribution is 2.32. The van der Waals surface area contributed by atoms with E-state index in [9.17, 15) is 4.39 Å². The largest absolute Gasteiger partial charge is 0.326 e. The van der Waals surface area contributed by atoms with Gasteiger partial charge >= 0.3 is 0 Å². The second kappa shape index (κ2) is 6.65. The molecule has 2 fully saturated rings. The van der Waals surface area contributed by atoms with Gasteiger partial charge in [-0.3, -0.25) is 4.90 Å². The minimum atomic E-state index is -0.173. The molecule has 2 N–H and O–H groups in total. The van der Waals surface area contributed by atoms with Crippen molar-refractivity contribution in [1.82, 2.24) is 9.80 Å². The molecule has 1 aromatic rings. The van der Waals surface area contributed by atoms with Gasteiger partial charge in [-0.1, -0.05) is 26.0 Å². The van der Waals surface area contributed by atoms with Crippen LogP contribution in [0.2, 0.25) is 0 Å². The lowest BCUT2D eigenvalue weighted by molar-refractivity contribution is 0.0804. The van der Waals surface area contributed by atoms with E-state index in [-0.39, 0.29) is 11.9 Å². The van der Waals surface area contributed by atoms with Crippen LogP contribution >= 0.6 is 0 Å². The highest BCUT2D eigenvalue weighted by molar-refractivity contribution is 5.24. The van der Waals surface area contributed by atoms with Crippen molar-refractivity contribution >= 4 is 0 Å². The van der Waals surface area contributed by atoms with Crippen LogP contribution in [0.4, 0.5) is 4.39 Å². The van der Waals surface area contributed by atoms with Crippen molar-refractivity contribution in [3.63, 3.8) is 0 Å². The van der Waals surface area contributed by atoms with Gasteiger partial charge < -0.3 is 10.6 Å². The highest BCUT2D eigenvalue weighted by Gasteiger charge is 2.38. The molecule has 0 aromatic heterocycles. The summed E-state index contributed by atoms with van der Waals surface area (Å²) in [5, 5.41) is 0. The molecule has 2 aliphatic rings. The summed E-state index contributed by atoms with van der Waals surface area (Å²) >= 11 is 0. The summed E-state index contributed by atoms with van der Waals surface area (Å²) < 4.78 is 13.1. The number of piperidine rings is 1. The Morgan fingerprint density at radius 2 is 1.91 bits per heavy atom. The van der Waals surface area contributed by atoms with Gasteiger partial charge in [-0.2, -0.15) is 0 Å². The lowest BCUT2D eigenvalue weighted by Gasteiger charge is -2.41. The summed E-state index contributed by atoms with van der Waals surface area (Å²) in [6, 6.07) is 7.68. The molecule has 2 saturated heterocycles. The van der Waals surface area contributed by atoms with Crippen molar-refractivity contribution in [3.8, 4) is 0 Å². The van der Waals surface area contributed by atoms with Crippen LogP contribution in [0.15, 0.2) is 24.3 Å². The molecule has 2 heterocycles. The summed E-state index contributed by atoms with van der Waals surface area (Å²) in [7, 11) is 0. The first-order chi connectivity index (χ1) is 10.6. The Bertz CT molecular complexity index is 490. The Morgan fingerprint density at radius 1 is 1.18 bits per heavy atom. The SMILES string of the molecule is CCN1CC[C@H](N2C[C@H](N)[C@H](c3ccc(F)cc3)C2)[C@H](C)C1. The van der Waals surface area contributed by atoms with Gasteiger partial charge in [0.25, 0.3) is 0 Å². The van der Waals surface area contributed by atoms with Gasteiger partial charge in [0.15, 0.2) is 0 Å². The van der Waals surface area contributed by atoms with Gasteiger partial charge in [0.2, 0.25) is 0 Å². The highest BCUT2D eigenvalue weighted by atomic mass is 19.1. The average Bonchev–Trinajstić information content (AvgIpc) is 2.89. The number of benzene rings is 1. The molecule has 1 aromatic carbocycles. The summed E-state index contributed by atoms with van der Waals surface area (Å²) in [6.07, 6.45) is 1.23. The molecule has 122 valence electrons. The Hall–Kier alpha value is -0.970. The summed E-state index contributed by atoms with van der Waals surface area (Å²) in [4.78, 5) is 5.12. The van der Waals surface area contributed by atoms with Crippen molar-refractivity contribution in [2.75, 3.05) is 32.7 Å². The molecule has 4 heteroatoms. The zero-order chi connectivity index (χ0) is 15.7. The number of likely N-dealkylation sites (tertiary alicyclic amines) is 2. The molecule has 22 heavy (non-hydrogen) atoms. The maximum absolute atomic E-state index is 13.1. The monoisotopic (exact) mass is 305 g/mol. The molecule has 2 aliphatic heterocycles. The number of nitrogens with two attached hydrogens (primary N) is 1. The van der Waals surface area contributed by atoms with E-state index in [2.05, 4.69) is 23.6 Å². The van der Waals surface area contributed by atoms with Crippen LogP contribution in [0.5, 0.6) is 0 Å². The number of hydrogen-bond donors (Lipinski definition) is 1. The third-order valence-corrected chi connectivity index (χ3v) is 5.55. The van der Waals surface area contributed by atoms with Gasteiger partial charge in [-0.15, -0.1) is 0 Å². The molecule has 0 unspecified atom stereocenters. The van der Waals surface area contributed by atoms with Gasteiger partial charge in [0.05, 0.1) is 0 Å². The Labute approximate surface area is 133 Å². The third kappa shape index (κ3) is 3.19. The first-order valence-electron chi connectivity index (χ1n) is 8.56. The maximum Gasteiger partial charge on any atom is 0.123 e. The Balaban J connectivity index is 1.66. The van der Waals surface area contributed by atoms with E-state index in [1.807, 2.05) is 12.1 Å². The fourth-order valence-corrected chi connectivity index (χ4v) is 4.24. The van der Waals surface area contributed by atoms with Crippen LogP contribution in [0.1, 0.15) is 31.7 Å². The molecule has 0 spiro atoms. The first kappa shape index (κ1) is 15.9. The van der Waals surface area contributed by atoms with Gasteiger partial charge in [-0.05, 0) is 43.1 Å². The molecule has 0 amide bonds. The molecule has 0 radical (unpaired) electrons. The van der Waals surface area contributed by atoms with Crippen LogP contribution in [0.25, 0.3) is 0 Å². The van der Waals surface area contributed by atoms with E-state index < -0.39 is 0 Å². The fourth-order valence-electron chi connectivity index (χ4n) is 4.24. The van der Waals surface area contributed by atoms with Crippen LogP contribution < -0.4 is 5.73 Å². The minimum absolute atomic E-state index is 0.155. The number of halogens is 1. The van der Waals surface area contributed by atoms with E-state index in [1.54, 1.807) is 12.1 Å². The van der Waals surface area contributed by atoms with E-state index in [4.69, 9.17) is 5.73 Å². The van der Waals surface area contributed by atoms with Crippen molar-refractivity contribution < 1.29 is 4.39 Å². The minimum Gasteiger partial charge on any atom is -0.326 e. The Morgan fingerprint density at radius 3 is 2.55 bits per heavy atom. The second-order valence-electron chi connectivity index (χ2n) is 7.00. The third-order valence-electron chi connectivity index (χ3n) is 5.55. The van der Waals surface area contributed by atoms with Crippen molar-refractivity contribution in [3.05, 3.63) is 35.6 Å². The van der Waals surface area contributed by atoms with Crippen molar-refractivity contribution in [1.29, 1.82) is 0 Å². The van der Waals surface area contributed by atoms with E-state index in [1.165, 1.54) is 25.1 Å². The number of nitrogens with zero attached hydrogens (tertiary/aromatic N) is 2. The first-order valence-corrected chi connectivity index (χ1v) is 8.56. The lowest BCUT2D eigenvalue weighted by Crippen LogP contribution is -2.49. The molecular weight excluding hydrogens is 277 g/mol. The van der Waals surface area contributed by atoms with Crippen molar-refractivity contribution in [2.24, 2.45) is 11.7 Å². The smallest absolute Gasteiger partial charge is 0.123 e. The van der Waals surface area contributed by atoms with E-state index >= 15 is 0 Å². The number of hydrogen-bond acceptors (Lipinski definition) is 3. The van der Waals surface area contributed by atoms with Crippen LogP contribution in [-0.4, -0.2) is 54.6 Å². The van der Waals surface area contributed by atoms with Crippen molar-refractivity contribution in [2.45, 2.75) is 38.3 Å². The van der Waals surface area contributed by atoms with Crippen LogP contribution in [-0.2, 0) is 0 Å². The average molecular weight is 305 g/mol. The fraction of sp³-hybridized carbons (Fsp3) is 0.667. The number of rotatable bonds is 3. The maximum atomic E-state index is 13.1. The molecule has 0 aliphatic carbocycles.